The van der Waals surface area contributed by atoms with Gasteiger partial charge in [0.15, 0.2) is 5.82 Å². The van der Waals surface area contributed by atoms with Gasteiger partial charge in [0, 0.05) is 4.47 Å². The maximum Gasteiger partial charge on any atom is 0.240 e. The van der Waals surface area contributed by atoms with E-state index < -0.39 is 5.82 Å². The zero-order valence-corrected chi connectivity index (χ0v) is 7.99. The van der Waals surface area contributed by atoms with Crippen molar-refractivity contribution in [2.45, 2.75) is 0 Å². The molecule has 0 aliphatic carbocycles. The normalized spacial score (nSPS) is 9.25. The first kappa shape index (κ1) is 9.39. The summed E-state index contributed by atoms with van der Waals surface area (Å²) in [4.78, 5) is 13.0. The lowest BCUT2D eigenvalue weighted by atomic mass is 10.3. The molecule has 0 heterocycles. The third-order valence-corrected chi connectivity index (χ3v) is 1.87. The summed E-state index contributed by atoms with van der Waals surface area (Å²) < 4.78 is 13.5. The third-order valence-electron chi connectivity index (χ3n) is 1.14. The van der Waals surface area contributed by atoms with E-state index in [-0.39, 0.29) is 10.7 Å². The second-order valence-electron chi connectivity index (χ2n) is 1.92. The summed E-state index contributed by atoms with van der Waals surface area (Å²) in [6.45, 7) is 0. The first-order valence-corrected chi connectivity index (χ1v) is 4.04. The molecule has 2 nitrogen and oxygen atoms in total. The predicted molar refractivity (Wildman–Crippen MR) is 46.9 cm³/mol. The summed E-state index contributed by atoms with van der Waals surface area (Å²) in [7, 11) is 0. The monoisotopic (exact) mass is 249 g/mol. The van der Waals surface area contributed by atoms with Crippen molar-refractivity contribution in [3.8, 4) is 0 Å². The van der Waals surface area contributed by atoms with Gasteiger partial charge in [0.2, 0.25) is 6.08 Å². The number of halogens is 3. The fraction of sp³-hybridized carbons (Fsp3) is 0. The first-order valence-electron chi connectivity index (χ1n) is 2.87. The van der Waals surface area contributed by atoms with E-state index in [4.69, 9.17) is 11.6 Å². The van der Waals surface area contributed by atoms with Gasteiger partial charge in [-0.1, -0.05) is 27.5 Å². The number of rotatable bonds is 1. The minimum absolute atomic E-state index is 0.0848. The van der Waals surface area contributed by atoms with E-state index in [1.165, 1.54) is 18.2 Å². The van der Waals surface area contributed by atoms with Gasteiger partial charge in [-0.15, -0.1) is 0 Å². The van der Waals surface area contributed by atoms with Crippen LogP contribution in [0.25, 0.3) is 0 Å². The maximum atomic E-state index is 12.9. The molecular formula is C7H2BrClFNO. The highest BCUT2D eigenvalue weighted by molar-refractivity contribution is 9.10. The van der Waals surface area contributed by atoms with Crippen LogP contribution < -0.4 is 0 Å². The molecule has 0 saturated heterocycles. The Labute approximate surface area is 81.2 Å². The fourth-order valence-corrected chi connectivity index (χ4v) is 1.46. The SMILES string of the molecule is O=C=Nc1cc(Br)cc(Cl)c1F. The van der Waals surface area contributed by atoms with Crippen LogP contribution in [-0.2, 0) is 4.79 Å². The number of isocyanates is 1. The Bertz CT molecular complexity index is 363. The minimum Gasteiger partial charge on any atom is -0.211 e. The molecule has 62 valence electrons. The van der Waals surface area contributed by atoms with E-state index in [0.717, 1.165) is 0 Å². The van der Waals surface area contributed by atoms with Crippen LogP contribution in [0, 0.1) is 5.82 Å². The zero-order chi connectivity index (χ0) is 9.14. The van der Waals surface area contributed by atoms with E-state index in [2.05, 4.69) is 20.9 Å². The van der Waals surface area contributed by atoms with Crippen molar-refractivity contribution in [3.05, 3.63) is 27.4 Å². The van der Waals surface area contributed by atoms with E-state index in [0.29, 0.717) is 4.47 Å². The molecule has 0 aliphatic rings. The Kier molecular flexibility index (Phi) is 2.98. The van der Waals surface area contributed by atoms with Crippen molar-refractivity contribution in [2.75, 3.05) is 0 Å². The summed E-state index contributed by atoms with van der Waals surface area (Å²) in [5.74, 6) is -0.719. The van der Waals surface area contributed by atoms with Gasteiger partial charge >= 0.3 is 0 Å². The van der Waals surface area contributed by atoms with E-state index in [1.807, 2.05) is 0 Å². The molecule has 0 aromatic heterocycles. The number of benzene rings is 1. The molecule has 0 spiro atoms. The molecule has 0 N–H and O–H groups in total. The first-order chi connectivity index (χ1) is 5.65. The smallest absolute Gasteiger partial charge is 0.211 e. The van der Waals surface area contributed by atoms with Crippen LogP contribution in [0.2, 0.25) is 5.02 Å². The molecule has 0 bridgehead atoms. The Morgan fingerprint density at radius 1 is 1.58 bits per heavy atom. The molecule has 1 rings (SSSR count). The summed E-state index contributed by atoms with van der Waals surface area (Å²) in [5.41, 5.74) is -0.121. The van der Waals surface area contributed by atoms with Crippen LogP contribution in [0.1, 0.15) is 0 Å². The number of carbonyl (C=O) groups excluding carboxylic acids is 1. The number of aliphatic imine (C=N–C) groups is 1. The second kappa shape index (κ2) is 3.81. The molecule has 0 unspecified atom stereocenters. The van der Waals surface area contributed by atoms with Crippen molar-refractivity contribution in [1.82, 2.24) is 0 Å². The van der Waals surface area contributed by atoms with E-state index in [9.17, 15) is 9.18 Å². The van der Waals surface area contributed by atoms with Gasteiger partial charge in [0.1, 0.15) is 5.69 Å². The Hall–Kier alpha value is -0.700. The highest BCUT2D eigenvalue weighted by atomic mass is 79.9. The number of hydrogen-bond donors (Lipinski definition) is 0. The topological polar surface area (TPSA) is 29.4 Å². The van der Waals surface area contributed by atoms with Crippen molar-refractivity contribution in [3.63, 3.8) is 0 Å². The largest absolute Gasteiger partial charge is 0.240 e. The maximum absolute atomic E-state index is 12.9. The Morgan fingerprint density at radius 2 is 2.25 bits per heavy atom. The van der Waals surface area contributed by atoms with Gasteiger partial charge in [0.05, 0.1) is 5.02 Å². The molecule has 1 aromatic carbocycles. The van der Waals surface area contributed by atoms with Gasteiger partial charge in [-0.3, -0.25) is 0 Å². The number of hydrogen-bond acceptors (Lipinski definition) is 2. The predicted octanol–water partition coefficient (Wildman–Crippen LogP) is 3.21. The molecule has 0 amide bonds. The highest BCUT2D eigenvalue weighted by Crippen LogP contribution is 2.29. The van der Waals surface area contributed by atoms with Crippen LogP contribution >= 0.6 is 27.5 Å². The summed E-state index contributed by atoms with van der Waals surface area (Å²) in [6, 6.07) is 2.72. The Morgan fingerprint density at radius 3 is 2.83 bits per heavy atom. The highest BCUT2D eigenvalue weighted by Gasteiger charge is 2.06. The van der Waals surface area contributed by atoms with Crippen LogP contribution in [-0.4, -0.2) is 6.08 Å². The van der Waals surface area contributed by atoms with Gasteiger partial charge in [-0.2, -0.15) is 4.99 Å². The van der Waals surface area contributed by atoms with Crippen molar-refractivity contribution in [2.24, 2.45) is 4.99 Å². The summed E-state index contributed by atoms with van der Waals surface area (Å²) in [5, 5.41) is -0.0848. The summed E-state index contributed by atoms with van der Waals surface area (Å²) >= 11 is 8.54. The van der Waals surface area contributed by atoms with Crippen LogP contribution in [0.15, 0.2) is 21.6 Å². The fourth-order valence-electron chi connectivity index (χ4n) is 0.673. The van der Waals surface area contributed by atoms with Crippen molar-refractivity contribution in [1.29, 1.82) is 0 Å². The Balaban J connectivity index is 3.36. The van der Waals surface area contributed by atoms with E-state index in [1.54, 1.807) is 0 Å². The molecule has 0 radical (unpaired) electrons. The third kappa shape index (κ3) is 1.91. The molecule has 0 saturated carbocycles. The molecule has 0 fully saturated rings. The standard InChI is InChI=1S/C7H2BrClFNO/c8-4-1-5(9)7(10)6(2-4)11-3-12/h1-2H. The van der Waals surface area contributed by atoms with Gasteiger partial charge in [-0.05, 0) is 12.1 Å². The van der Waals surface area contributed by atoms with Crippen molar-refractivity contribution < 1.29 is 9.18 Å². The summed E-state index contributed by atoms with van der Waals surface area (Å²) in [6.07, 6.45) is 1.23. The van der Waals surface area contributed by atoms with Crippen LogP contribution in [0.5, 0.6) is 0 Å². The molecule has 5 heteroatoms. The lowest BCUT2D eigenvalue weighted by Gasteiger charge is -1.97. The minimum atomic E-state index is -0.719. The lowest BCUT2D eigenvalue weighted by Crippen LogP contribution is -1.78. The lowest BCUT2D eigenvalue weighted by molar-refractivity contribution is 0.564. The number of nitrogens with zero attached hydrogens (tertiary/aromatic N) is 1. The van der Waals surface area contributed by atoms with Gasteiger partial charge in [-0.25, -0.2) is 9.18 Å². The molecular weight excluding hydrogens is 248 g/mol. The molecule has 1 aromatic rings. The van der Waals surface area contributed by atoms with Crippen LogP contribution in [0.3, 0.4) is 0 Å². The zero-order valence-electron chi connectivity index (χ0n) is 5.64. The van der Waals surface area contributed by atoms with Gasteiger partial charge < -0.3 is 0 Å². The van der Waals surface area contributed by atoms with E-state index >= 15 is 0 Å². The molecule has 0 aliphatic heterocycles. The quantitative estimate of drug-likeness (QED) is 0.427. The second-order valence-corrected chi connectivity index (χ2v) is 3.25. The van der Waals surface area contributed by atoms with Crippen molar-refractivity contribution >= 4 is 39.3 Å². The average molecular weight is 250 g/mol. The van der Waals surface area contributed by atoms with Gasteiger partial charge in [0.25, 0.3) is 0 Å². The van der Waals surface area contributed by atoms with Crippen LogP contribution in [0.4, 0.5) is 10.1 Å². The average Bonchev–Trinajstić information content (AvgIpc) is 2.00. The molecule has 0 atom stereocenters. The molecule has 12 heavy (non-hydrogen) atoms.